The molecule has 0 radical (unpaired) electrons. The lowest BCUT2D eigenvalue weighted by atomic mass is 9.93. The monoisotopic (exact) mass is 416 g/mol. The maximum Gasteiger partial charge on any atom is 0.243 e. The number of benzene rings is 1. The summed E-state index contributed by atoms with van der Waals surface area (Å²) in [5, 5.41) is 2.04. The Hall–Kier alpha value is -2.21. The van der Waals surface area contributed by atoms with E-state index >= 15 is 0 Å². The molecule has 1 atom stereocenters. The molecule has 0 spiro atoms. The molecule has 1 aliphatic rings. The number of rotatable bonds is 6. The summed E-state index contributed by atoms with van der Waals surface area (Å²) >= 11 is 1.69. The fraction of sp³-hybridized carbons (Fsp3) is 0.478. The van der Waals surface area contributed by atoms with Gasteiger partial charge in [-0.25, -0.2) is 4.39 Å². The molecule has 0 saturated heterocycles. The van der Waals surface area contributed by atoms with Gasteiger partial charge in [-0.2, -0.15) is 0 Å². The molecule has 0 unspecified atom stereocenters. The van der Waals surface area contributed by atoms with Crippen LogP contribution >= 0.6 is 11.3 Å². The van der Waals surface area contributed by atoms with Gasteiger partial charge in [0.05, 0.1) is 6.04 Å². The third-order valence-electron chi connectivity index (χ3n) is 5.30. The van der Waals surface area contributed by atoms with Gasteiger partial charge in [0.25, 0.3) is 0 Å². The molecule has 0 aliphatic carbocycles. The third-order valence-corrected chi connectivity index (χ3v) is 6.30. The maximum absolute atomic E-state index is 13.5. The van der Waals surface area contributed by atoms with Crippen molar-refractivity contribution in [2.45, 2.75) is 52.6 Å². The lowest BCUT2D eigenvalue weighted by molar-refractivity contribution is -0.143. The van der Waals surface area contributed by atoms with Crippen LogP contribution in [0.1, 0.15) is 56.2 Å². The van der Waals surface area contributed by atoms with Crippen molar-refractivity contribution in [2.24, 2.45) is 5.92 Å². The number of carbonyl (C=O) groups excluding carboxylic acids is 2. The van der Waals surface area contributed by atoms with E-state index in [2.05, 4.69) is 6.07 Å². The van der Waals surface area contributed by atoms with Crippen molar-refractivity contribution in [3.8, 4) is 0 Å². The van der Waals surface area contributed by atoms with E-state index in [0.29, 0.717) is 13.0 Å². The summed E-state index contributed by atoms with van der Waals surface area (Å²) in [5.74, 6) is -0.107. The Morgan fingerprint density at radius 3 is 2.48 bits per heavy atom. The van der Waals surface area contributed by atoms with Gasteiger partial charge >= 0.3 is 0 Å². The first kappa shape index (κ1) is 21.5. The van der Waals surface area contributed by atoms with E-state index in [1.165, 1.54) is 17.0 Å². The molecular formula is C23H29FN2O2S. The van der Waals surface area contributed by atoms with Crippen molar-refractivity contribution in [3.63, 3.8) is 0 Å². The molecule has 0 bridgehead atoms. The van der Waals surface area contributed by atoms with Gasteiger partial charge in [0, 0.05) is 23.9 Å². The van der Waals surface area contributed by atoms with Crippen LogP contribution in [0.25, 0.3) is 0 Å². The highest BCUT2D eigenvalue weighted by Gasteiger charge is 2.34. The number of carbonyl (C=O) groups is 2. The number of nitrogens with zero attached hydrogens (tertiary/aromatic N) is 2. The Labute approximate surface area is 176 Å². The number of hydrogen-bond acceptors (Lipinski definition) is 3. The molecule has 1 aromatic heterocycles. The van der Waals surface area contributed by atoms with Crippen LogP contribution < -0.4 is 0 Å². The molecule has 4 nitrogen and oxygen atoms in total. The van der Waals surface area contributed by atoms with Crippen LogP contribution in [0, 0.1) is 11.7 Å². The predicted molar refractivity (Wildman–Crippen MR) is 114 cm³/mol. The second-order valence-electron chi connectivity index (χ2n) is 8.30. The first-order valence-electron chi connectivity index (χ1n) is 10.2. The number of fused-ring (bicyclic) bond motifs is 1. The summed E-state index contributed by atoms with van der Waals surface area (Å²) < 4.78 is 13.5. The number of amides is 2. The molecule has 156 valence electrons. The second kappa shape index (κ2) is 9.08. The SMILES string of the molecule is CC(C)CC(=O)N(CC(=O)N1CCc2sccc2[C@@H]1c1ccc(F)cc1)C(C)C. The molecular weight excluding hydrogens is 387 g/mol. The minimum Gasteiger partial charge on any atom is -0.331 e. The second-order valence-corrected chi connectivity index (χ2v) is 9.30. The summed E-state index contributed by atoms with van der Waals surface area (Å²) in [4.78, 5) is 30.8. The Kier molecular flexibility index (Phi) is 6.73. The smallest absolute Gasteiger partial charge is 0.243 e. The summed E-state index contributed by atoms with van der Waals surface area (Å²) in [6, 6.07) is 8.13. The summed E-state index contributed by atoms with van der Waals surface area (Å²) in [7, 11) is 0. The summed E-state index contributed by atoms with van der Waals surface area (Å²) in [6.45, 7) is 8.56. The highest BCUT2D eigenvalue weighted by Crippen LogP contribution is 2.38. The average molecular weight is 417 g/mol. The van der Waals surface area contributed by atoms with Crippen molar-refractivity contribution in [1.82, 2.24) is 9.80 Å². The van der Waals surface area contributed by atoms with E-state index in [0.717, 1.165) is 17.5 Å². The minimum absolute atomic E-state index is 0.00918. The fourth-order valence-corrected chi connectivity index (χ4v) is 4.76. The standard InChI is InChI=1S/C23H29FN2O2S/c1-15(2)13-21(27)26(16(3)4)14-22(28)25-11-9-20-19(10-12-29-20)23(25)17-5-7-18(24)8-6-17/h5-8,10,12,15-16,23H,9,11,13-14H2,1-4H3/t23-/m0/s1. The predicted octanol–water partition coefficient (Wildman–Crippen LogP) is 4.64. The normalized spacial score (nSPS) is 16.2. The van der Waals surface area contributed by atoms with Gasteiger partial charge in [0.1, 0.15) is 12.4 Å². The molecule has 0 N–H and O–H groups in total. The molecule has 2 aromatic rings. The zero-order valence-corrected chi connectivity index (χ0v) is 18.3. The van der Waals surface area contributed by atoms with E-state index in [-0.39, 0.29) is 42.2 Å². The van der Waals surface area contributed by atoms with Crippen molar-refractivity contribution in [2.75, 3.05) is 13.1 Å². The topological polar surface area (TPSA) is 40.6 Å². The van der Waals surface area contributed by atoms with Gasteiger partial charge in [-0.05, 0) is 60.9 Å². The Bertz CT molecular complexity index is 860. The van der Waals surface area contributed by atoms with Crippen LogP contribution in [0.4, 0.5) is 4.39 Å². The van der Waals surface area contributed by atoms with Crippen LogP contribution in [0.3, 0.4) is 0 Å². The van der Waals surface area contributed by atoms with Gasteiger partial charge in [-0.1, -0.05) is 26.0 Å². The molecule has 2 amide bonds. The molecule has 0 saturated carbocycles. The van der Waals surface area contributed by atoms with Gasteiger partial charge in [-0.15, -0.1) is 11.3 Å². The molecule has 3 rings (SSSR count). The quantitative estimate of drug-likeness (QED) is 0.688. The molecule has 6 heteroatoms. The highest BCUT2D eigenvalue weighted by molar-refractivity contribution is 7.10. The third kappa shape index (κ3) is 4.86. The van der Waals surface area contributed by atoms with Crippen molar-refractivity contribution < 1.29 is 14.0 Å². The van der Waals surface area contributed by atoms with E-state index < -0.39 is 0 Å². The van der Waals surface area contributed by atoms with Crippen molar-refractivity contribution >= 4 is 23.2 Å². The maximum atomic E-state index is 13.5. The van der Waals surface area contributed by atoms with E-state index in [4.69, 9.17) is 0 Å². The first-order valence-corrected chi connectivity index (χ1v) is 11.1. The van der Waals surface area contributed by atoms with Crippen LogP contribution in [-0.2, 0) is 16.0 Å². The van der Waals surface area contributed by atoms with Gasteiger partial charge in [-0.3, -0.25) is 9.59 Å². The Morgan fingerprint density at radius 2 is 1.86 bits per heavy atom. The minimum atomic E-state index is -0.293. The summed E-state index contributed by atoms with van der Waals surface area (Å²) in [5.41, 5.74) is 1.99. The average Bonchev–Trinajstić information content (AvgIpc) is 3.13. The molecule has 1 aromatic carbocycles. The number of hydrogen-bond donors (Lipinski definition) is 0. The van der Waals surface area contributed by atoms with Gasteiger partial charge < -0.3 is 9.80 Å². The zero-order valence-electron chi connectivity index (χ0n) is 17.5. The van der Waals surface area contributed by atoms with Crippen LogP contribution in [0.5, 0.6) is 0 Å². The van der Waals surface area contributed by atoms with Crippen LogP contribution in [0.15, 0.2) is 35.7 Å². The van der Waals surface area contributed by atoms with Crippen molar-refractivity contribution in [1.29, 1.82) is 0 Å². The van der Waals surface area contributed by atoms with Gasteiger partial charge in [0.2, 0.25) is 11.8 Å². The van der Waals surface area contributed by atoms with Gasteiger partial charge in [0.15, 0.2) is 0 Å². The first-order chi connectivity index (χ1) is 13.8. The fourth-order valence-electron chi connectivity index (χ4n) is 3.85. The van der Waals surface area contributed by atoms with Crippen LogP contribution in [0.2, 0.25) is 0 Å². The molecule has 2 heterocycles. The molecule has 0 fully saturated rings. The number of thiophene rings is 1. The largest absolute Gasteiger partial charge is 0.331 e. The Balaban J connectivity index is 1.87. The highest BCUT2D eigenvalue weighted by atomic mass is 32.1. The number of halogens is 1. The van der Waals surface area contributed by atoms with Crippen LogP contribution in [-0.4, -0.2) is 40.7 Å². The Morgan fingerprint density at radius 1 is 1.17 bits per heavy atom. The van der Waals surface area contributed by atoms with E-state index in [1.54, 1.807) is 28.4 Å². The van der Waals surface area contributed by atoms with E-state index in [9.17, 15) is 14.0 Å². The zero-order chi connectivity index (χ0) is 21.1. The summed E-state index contributed by atoms with van der Waals surface area (Å²) in [6.07, 6.45) is 1.24. The van der Waals surface area contributed by atoms with Crippen molar-refractivity contribution in [3.05, 3.63) is 57.5 Å². The van der Waals surface area contributed by atoms with E-state index in [1.807, 2.05) is 38.0 Å². The molecule has 29 heavy (non-hydrogen) atoms. The lowest BCUT2D eigenvalue weighted by Gasteiger charge is -2.38. The molecule has 1 aliphatic heterocycles. The lowest BCUT2D eigenvalue weighted by Crippen LogP contribution is -2.48.